The van der Waals surface area contributed by atoms with Crippen LogP contribution in [0.4, 0.5) is 4.39 Å². The van der Waals surface area contributed by atoms with E-state index in [1.807, 2.05) is 24.3 Å². The van der Waals surface area contributed by atoms with Gasteiger partial charge >= 0.3 is 0 Å². The van der Waals surface area contributed by atoms with E-state index in [0.29, 0.717) is 6.54 Å². The molecule has 2 N–H and O–H groups in total. The van der Waals surface area contributed by atoms with E-state index >= 15 is 0 Å². The number of pyridine rings is 1. The van der Waals surface area contributed by atoms with E-state index in [1.165, 1.54) is 12.1 Å². The van der Waals surface area contributed by atoms with Crippen LogP contribution < -0.4 is 5.32 Å². The number of halogens is 1. The van der Waals surface area contributed by atoms with Gasteiger partial charge in [-0.2, -0.15) is 0 Å². The van der Waals surface area contributed by atoms with E-state index in [4.69, 9.17) is 0 Å². The van der Waals surface area contributed by atoms with E-state index in [0.717, 1.165) is 24.0 Å². The van der Waals surface area contributed by atoms with E-state index in [-0.39, 0.29) is 11.9 Å². The second kappa shape index (κ2) is 7.86. The molecule has 2 aromatic rings. The molecular weight excluding hydrogens is 267 g/mol. The maximum atomic E-state index is 12.8. The minimum Gasteiger partial charge on any atom is -0.387 e. The molecule has 0 fully saturated rings. The number of hydrogen-bond donors (Lipinski definition) is 2. The first-order valence-electron chi connectivity index (χ1n) is 7.21. The average molecular weight is 288 g/mol. The summed E-state index contributed by atoms with van der Waals surface area (Å²) in [7, 11) is 0. The van der Waals surface area contributed by atoms with Gasteiger partial charge in [0.25, 0.3) is 0 Å². The number of aromatic nitrogens is 1. The normalized spacial score (nSPS) is 13.9. The summed E-state index contributed by atoms with van der Waals surface area (Å²) < 4.78 is 12.8. The van der Waals surface area contributed by atoms with Crippen LogP contribution >= 0.6 is 0 Å². The zero-order valence-corrected chi connectivity index (χ0v) is 12.2. The number of aliphatic hydroxyl groups is 1. The molecule has 0 amide bonds. The first-order valence-corrected chi connectivity index (χ1v) is 7.21. The topological polar surface area (TPSA) is 45.1 Å². The quantitative estimate of drug-likeness (QED) is 0.823. The largest absolute Gasteiger partial charge is 0.387 e. The molecule has 0 spiro atoms. The summed E-state index contributed by atoms with van der Waals surface area (Å²) in [5.74, 6) is -0.203. The molecule has 0 aliphatic carbocycles. The van der Waals surface area contributed by atoms with Crippen LogP contribution in [0.15, 0.2) is 48.8 Å². The SMILES string of the molecule is CC(CCc1ccc(F)cc1)NCC(O)c1ccncc1. The lowest BCUT2D eigenvalue weighted by molar-refractivity contribution is 0.170. The van der Waals surface area contributed by atoms with Gasteiger partial charge in [0.1, 0.15) is 5.82 Å². The molecule has 1 heterocycles. The highest BCUT2D eigenvalue weighted by Gasteiger charge is 2.09. The van der Waals surface area contributed by atoms with Crippen molar-refractivity contribution in [2.45, 2.75) is 31.9 Å². The molecule has 2 atom stereocenters. The van der Waals surface area contributed by atoms with Gasteiger partial charge in [0.05, 0.1) is 6.10 Å². The molecular formula is C17H21FN2O. The Morgan fingerprint density at radius 1 is 1.14 bits per heavy atom. The lowest BCUT2D eigenvalue weighted by Gasteiger charge is -2.17. The summed E-state index contributed by atoms with van der Waals surface area (Å²) in [5, 5.41) is 13.4. The van der Waals surface area contributed by atoms with Gasteiger partial charge in [0.15, 0.2) is 0 Å². The third kappa shape index (κ3) is 5.25. The molecule has 21 heavy (non-hydrogen) atoms. The molecule has 0 saturated heterocycles. The molecule has 2 unspecified atom stereocenters. The van der Waals surface area contributed by atoms with Crippen LogP contribution in [0.3, 0.4) is 0 Å². The van der Waals surface area contributed by atoms with Crippen molar-refractivity contribution in [3.8, 4) is 0 Å². The standard InChI is InChI=1S/C17H21FN2O/c1-13(2-3-14-4-6-16(18)7-5-14)20-12-17(21)15-8-10-19-11-9-15/h4-11,13,17,20-21H,2-3,12H2,1H3. The van der Waals surface area contributed by atoms with Crippen molar-refractivity contribution in [1.82, 2.24) is 10.3 Å². The van der Waals surface area contributed by atoms with E-state index in [2.05, 4.69) is 17.2 Å². The second-order valence-corrected chi connectivity index (χ2v) is 5.27. The molecule has 0 bridgehead atoms. The predicted octanol–water partition coefficient (Wildman–Crippen LogP) is 2.87. The van der Waals surface area contributed by atoms with Gasteiger partial charge in [0, 0.05) is 25.0 Å². The Kier molecular flexibility index (Phi) is 5.84. The van der Waals surface area contributed by atoms with Crippen LogP contribution in [-0.4, -0.2) is 22.7 Å². The number of aryl methyl sites for hydroxylation is 1. The van der Waals surface area contributed by atoms with Crippen molar-refractivity contribution < 1.29 is 9.50 Å². The monoisotopic (exact) mass is 288 g/mol. The summed E-state index contributed by atoms with van der Waals surface area (Å²) in [6.45, 7) is 2.59. The first kappa shape index (κ1) is 15.6. The van der Waals surface area contributed by atoms with Gasteiger partial charge in [-0.15, -0.1) is 0 Å². The van der Waals surface area contributed by atoms with Crippen molar-refractivity contribution in [1.29, 1.82) is 0 Å². The Morgan fingerprint density at radius 3 is 2.48 bits per heavy atom. The molecule has 3 nitrogen and oxygen atoms in total. The average Bonchev–Trinajstić information content (AvgIpc) is 2.53. The van der Waals surface area contributed by atoms with Gasteiger partial charge in [-0.25, -0.2) is 4.39 Å². The van der Waals surface area contributed by atoms with E-state index < -0.39 is 6.10 Å². The molecule has 0 radical (unpaired) electrons. The van der Waals surface area contributed by atoms with E-state index in [1.54, 1.807) is 12.4 Å². The lowest BCUT2D eigenvalue weighted by Crippen LogP contribution is -2.30. The lowest BCUT2D eigenvalue weighted by atomic mass is 10.1. The first-order chi connectivity index (χ1) is 10.1. The van der Waals surface area contributed by atoms with E-state index in [9.17, 15) is 9.50 Å². The zero-order valence-electron chi connectivity index (χ0n) is 12.2. The molecule has 1 aromatic carbocycles. The van der Waals surface area contributed by atoms with Crippen LogP contribution in [0.2, 0.25) is 0 Å². The predicted molar refractivity (Wildman–Crippen MR) is 81.4 cm³/mol. The van der Waals surface area contributed by atoms with Crippen LogP contribution in [0.25, 0.3) is 0 Å². The van der Waals surface area contributed by atoms with Gasteiger partial charge in [-0.3, -0.25) is 4.98 Å². The summed E-state index contributed by atoms with van der Waals surface area (Å²) in [6, 6.07) is 10.5. The van der Waals surface area contributed by atoms with Crippen LogP contribution in [0.5, 0.6) is 0 Å². The van der Waals surface area contributed by atoms with Crippen LogP contribution in [-0.2, 0) is 6.42 Å². The third-order valence-corrected chi connectivity index (χ3v) is 3.53. The van der Waals surface area contributed by atoms with Crippen molar-refractivity contribution in [2.75, 3.05) is 6.54 Å². The number of rotatable bonds is 7. The van der Waals surface area contributed by atoms with Crippen molar-refractivity contribution in [3.63, 3.8) is 0 Å². The summed E-state index contributed by atoms with van der Waals surface area (Å²) in [5.41, 5.74) is 1.99. The minimum atomic E-state index is -0.527. The molecule has 1 aromatic heterocycles. The minimum absolute atomic E-state index is 0.203. The fraction of sp³-hybridized carbons (Fsp3) is 0.353. The number of benzene rings is 1. The second-order valence-electron chi connectivity index (χ2n) is 5.27. The summed E-state index contributed by atoms with van der Waals surface area (Å²) in [4.78, 5) is 3.93. The van der Waals surface area contributed by atoms with Crippen molar-refractivity contribution >= 4 is 0 Å². The Bertz CT molecular complexity index is 530. The Hall–Kier alpha value is -1.78. The number of nitrogens with zero attached hydrogens (tertiary/aromatic N) is 1. The maximum absolute atomic E-state index is 12.8. The molecule has 0 aliphatic heterocycles. The number of nitrogens with one attached hydrogen (secondary N) is 1. The van der Waals surface area contributed by atoms with Gasteiger partial charge < -0.3 is 10.4 Å². The Balaban J connectivity index is 1.72. The Labute approximate surface area is 124 Å². The molecule has 0 aliphatic rings. The van der Waals surface area contributed by atoms with Crippen molar-refractivity contribution in [2.24, 2.45) is 0 Å². The highest BCUT2D eigenvalue weighted by molar-refractivity contribution is 5.16. The molecule has 0 saturated carbocycles. The summed E-state index contributed by atoms with van der Waals surface area (Å²) in [6.07, 6.45) is 4.66. The maximum Gasteiger partial charge on any atom is 0.123 e. The van der Waals surface area contributed by atoms with Gasteiger partial charge in [0.2, 0.25) is 0 Å². The fourth-order valence-corrected chi connectivity index (χ4v) is 2.15. The third-order valence-electron chi connectivity index (χ3n) is 3.53. The highest BCUT2D eigenvalue weighted by atomic mass is 19.1. The molecule has 2 rings (SSSR count). The Morgan fingerprint density at radius 2 is 1.81 bits per heavy atom. The van der Waals surface area contributed by atoms with Crippen molar-refractivity contribution in [3.05, 3.63) is 65.7 Å². The summed E-state index contributed by atoms with van der Waals surface area (Å²) >= 11 is 0. The number of aliphatic hydroxyl groups excluding tert-OH is 1. The van der Waals surface area contributed by atoms with Crippen LogP contribution in [0, 0.1) is 5.82 Å². The zero-order chi connectivity index (χ0) is 15.1. The van der Waals surface area contributed by atoms with Crippen LogP contribution in [0.1, 0.15) is 30.6 Å². The smallest absolute Gasteiger partial charge is 0.123 e. The number of hydrogen-bond acceptors (Lipinski definition) is 3. The highest BCUT2D eigenvalue weighted by Crippen LogP contribution is 2.11. The molecule has 112 valence electrons. The fourth-order valence-electron chi connectivity index (χ4n) is 2.15. The van der Waals surface area contributed by atoms with Gasteiger partial charge in [-0.05, 0) is 55.2 Å². The molecule has 4 heteroatoms. The van der Waals surface area contributed by atoms with Gasteiger partial charge in [-0.1, -0.05) is 12.1 Å².